The Kier molecular flexibility index (Phi) is 6.30. The molecule has 0 bridgehead atoms. The van der Waals surface area contributed by atoms with Crippen LogP contribution in [0, 0.1) is 12.8 Å². The molecule has 168 valence electrons. The van der Waals surface area contributed by atoms with Crippen LogP contribution in [0.5, 0.6) is 0 Å². The number of hydrogen-bond acceptors (Lipinski definition) is 2. The fraction of sp³-hybridized carbons (Fsp3) is 0.286. The number of aryl methyl sites for hydroxylation is 1. The first-order valence-corrected chi connectivity index (χ1v) is 12.1. The van der Waals surface area contributed by atoms with Gasteiger partial charge in [-0.15, -0.1) is 0 Å². The van der Waals surface area contributed by atoms with E-state index in [0.29, 0.717) is 17.4 Å². The molecule has 0 unspecified atom stereocenters. The van der Waals surface area contributed by atoms with Crippen LogP contribution in [-0.4, -0.2) is 31.4 Å². The smallest absolute Gasteiger partial charge is 0.281 e. The number of carbonyl (C=O) groups is 1. The minimum absolute atomic E-state index is 0.0190. The van der Waals surface area contributed by atoms with Gasteiger partial charge < -0.3 is 4.90 Å². The van der Waals surface area contributed by atoms with Gasteiger partial charge in [-0.05, 0) is 61.4 Å². The van der Waals surface area contributed by atoms with Crippen LogP contribution < -0.4 is 9.80 Å². The van der Waals surface area contributed by atoms with E-state index in [9.17, 15) is 4.79 Å². The molecule has 4 nitrogen and oxygen atoms in total. The zero-order valence-corrected chi connectivity index (χ0v) is 19.7. The van der Waals surface area contributed by atoms with E-state index in [1.807, 2.05) is 54.3 Å². The lowest BCUT2D eigenvalue weighted by atomic mass is 9.90. The Hall–Kier alpha value is -2.95. The normalized spacial score (nSPS) is 21.5. The standard InChI is InChI=1S/C28H28ClN3O/c1-20-11-12-23(29)18-25(20)30-27-24-9-5-6-10-26(24)32(28(27)33)19-31-15-13-22(14-16-31)17-21-7-3-2-4-8-21/h2-12,18,22H,13-17,19H2,1H3/p+1. The van der Waals surface area contributed by atoms with Gasteiger partial charge in [0.05, 0.1) is 24.5 Å². The van der Waals surface area contributed by atoms with Gasteiger partial charge in [-0.2, -0.15) is 0 Å². The first kappa shape index (κ1) is 21.9. The van der Waals surface area contributed by atoms with E-state index < -0.39 is 0 Å². The second-order valence-corrected chi connectivity index (χ2v) is 9.62. The second-order valence-electron chi connectivity index (χ2n) is 9.18. The van der Waals surface area contributed by atoms with E-state index in [1.165, 1.54) is 23.3 Å². The van der Waals surface area contributed by atoms with E-state index in [4.69, 9.17) is 16.6 Å². The molecule has 3 aromatic rings. The molecule has 0 aliphatic carbocycles. The third kappa shape index (κ3) is 4.73. The Morgan fingerprint density at radius 3 is 2.52 bits per heavy atom. The number of para-hydroxylation sites is 1. The Morgan fingerprint density at radius 2 is 1.73 bits per heavy atom. The SMILES string of the molecule is Cc1ccc(Cl)cc1N=C1C(=O)N(C[NH+]2CCC(Cc3ccccc3)CC2)c2ccccc21. The van der Waals surface area contributed by atoms with Crippen LogP contribution in [0.3, 0.4) is 0 Å². The van der Waals surface area contributed by atoms with Crippen molar-refractivity contribution < 1.29 is 9.69 Å². The number of aliphatic imine (C=N–C) groups is 1. The predicted molar refractivity (Wildman–Crippen MR) is 135 cm³/mol. The fourth-order valence-electron chi connectivity index (χ4n) is 4.97. The Balaban J connectivity index is 1.31. The summed E-state index contributed by atoms with van der Waals surface area (Å²) in [6.45, 7) is 4.84. The van der Waals surface area contributed by atoms with Gasteiger partial charge in [0.15, 0.2) is 6.67 Å². The number of rotatable bonds is 5. The highest BCUT2D eigenvalue weighted by Crippen LogP contribution is 2.32. The molecule has 1 amide bonds. The van der Waals surface area contributed by atoms with Crippen molar-refractivity contribution in [1.82, 2.24) is 0 Å². The number of fused-ring (bicyclic) bond motifs is 1. The summed E-state index contributed by atoms with van der Waals surface area (Å²) in [4.78, 5) is 21.6. The number of amides is 1. The van der Waals surface area contributed by atoms with Crippen molar-refractivity contribution in [2.24, 2.45) is 10.9 Å². The van der Waals surface area contributed by atoms with Gasteiger partial charge in [0.1, 0.15) is 5.71 Å². The van der Waals surface area contributed by atoms with Crippen molar-refractivity contribution in [1.29, 1.82) is 0 Å². The minimum Gasteiger partial charge on any atom is -0.317 e. The molecule has 5 heteroatoms. The summed E-state index contributed by atoms with van der Waals surface area (Å²) < 4.78 is 0. The van der Waals surface area contributed by atoms with Crippen molar-refractivity contribution in [2.45, 2.75) is 26.2 Å². The van der Waals surface area contributed by atoms with Gasteiger partial charge in [-0.25, -0.2) is 4.99 Å². The molecule has 1 N–H and O–H groups in total. The summed E-state index contributed by atoms with van der Waals surface area (Å²) >= 11 is 6.19. The topological polar surface area (TPSA) is 37.1 Å². The molecule has 3 aromatic carbocycles. The molecular formula is C28H29ClN3O+. The van der Waals surface area contributed by atoms with Crippen LogP contribution in [0.2, 0.25) is 5.02 Å². The number of quaternary nitrogens is 1. The number of nitrogens with zero attached hydrogens (tertiary/aromatic N) is 2. The number of halogens is 1. The quantitative estimate of drug-likeness (QED) is 0.595. The van der Waals surface area contributed by atoms with Crippen molar-refractivity contribution >= 4 is 34.6 Å². The summed E-state index contributed by atoms with van der Waals surface area (Å²) in [5, 5.41) is 0.623. The van der Waals surface area contributed by atoms with Gasteiger partial charge >= 0.3 is 0 Å². The molecule has 2 aliphatic heterocycles. The van der Waals surface area contributed by atoms with Crippen LogP contribution in [0.4, 0.5) is 11.4 Å². The number of hydrogen-bond donors (Lipinski definition) is 1. The highest BCUT2D eigenvalue weighted by molar-refractivity contribution is 6.54. The van der Waals surface area contributed by atoms with E-state index in [2.05, 4.69) is 30.3 Å². The number of piperidine rings is 1. The molecule has 0 atom stereocenters. The largest absolute Gasteiger partial charge is 0.317 e. The average molecular weight is 459 g/mol. The second kappa shape index (κ2) is 9.50. The molecule has 2 aliphatic rings. The maximum absolute atomic E-state index is 13.5. The van der Waals surface area contributed by atoms with Crippen LogP contribution in [-0.2, 0) is 11.2 Å². The Bertz CT molecular complexity index is 1180. The monoisotopic (exact) mass is 458 g/mol. The number of nitrogens with one attached hydrogen (secondary N) is 1. The third-order valence-electron chi connectivity index (χ3n) is 6.86. The van der Waals surface area contributed by atoms with E-state index >= 15 is 0 Å². The molecule has 0 saturated carbocycles. The molecule has 33 heavy (non-hydrogen) atoms. The van der Waals surface area contributed by atoms with E-state index in [0.717, 1.165) is 47.9 Å². The van der Waals surface area contributed by atoms with Crippen LogP contribution in [0.15, 0.2) is 77.8 Å². The Morgan fingerprint density at radius 1 is 1.00 bits per heavy atom. The van der Waals surface area contributed by atoms with Crippen molar-refractivity contribution in [3.8, 4) is 0 Å². The lowest BCUT2D eigenvalue weighted by Gasteiger charge is -2.32. The highest BCUT2D eigenvalue weighted by Gasteiger charge is 2.37. The minimum atomic E-state index is -0.0190. The first-order chi connectivity index (χ1) is 16.1. The van der Waals surface area contributed by atoms with Crippen LogP contribution >= 0.6 is 11.6 Å². The summed E-state index contributed by atoms with van der Waals surface area (Å²) in [7, 11) is 0. The number of benzene rings is 3. The zero-order valence-electron chi connectivity index (χ0n) is 18.9. The lowest BCUT2D eigenvalue weighted by Crippen LogP contribution is -3.14. The van der Waals surface area contributed by atoms with Crippen LogP contribution in [0.25, 0.3) is 0 Å². The zero-order chi connectivity index (χ0) is 22.8. The van der Waals surface area contributed by atoms with Gasteiger partial charge in [-0.1, -0.05) is 66.2 Å². The van der Waals surface area contributed by atoms with Gasteiger partial charge in [0, 0.05) is 10.6 Å². The molecule has 5 rings (SSSR count). The van der Waals surface area contributed by atoms with E-state index in [1.54, 1.807) is 0 Å². The number of carbonyl (C=O) groups excluding carboxylic acids is 1. The molecule has 0 aromatic heterocycles. The van der Waals surface area contributed by atoms with Gasteiger partial charge in [0.2, 0.25) is 0 Å². The van der Waals surface area contributed by atoms with Crippen molar-refractivity contribution in [3.05, 3.63) is 94.5 Å². The lowest BCUT2D eigenvalue weighted by molar-refractivity contribution is -0.904. The molecule has 1 fully saturated rings. The molecule has 0 radical (unpaired) electrons. The third-order valence-corrected chi connectivity index (χ3v) is 7.10. The summed E-state index contributed by atoms with van der Waals surface area (Å²) in [5.41, 5.74) is 5.54. The maximum atomic E-state index is 13.5. The van der Waals surface area contributed by atoms with E-state index in [-0.39, 0.29) is 5.91 Å². The predicted octanol–water partition coefficient (Wildman–Crippen LogP) is 4.61. The molecular weight excluding hydrogens is 430 g/mol. The summed E-state index contributed by atoms with van der Waals surface area (Å²) in [6, 6.07) is 24.4. The number of likely N-dealkylation sites (tertiary alicyclic amines) is 1. The fourth-order valence-corrected chi connectivity index (χ4v) is 5.14. The molecule has 1 saturated heterocycles. The number of anilines is 1. The maximum Gasteiger partial charge on any atom is 0.281 e. The summed E-state index contributed by atoms with van der Waals surface area (Å²) in [5.74, 6) is 0.704. The molecule has 2 heterocycles. The molecule has 0 spiro atoms. The van der Waals surface area contributed by atoms with Crippen LogP contribution in [0.1, 0.15) is 29.5 Å². The average Bonchev–Trinajstić information content (AvgIpc) is 3.09. The highest BCUT2D eigenvalue weighted by atomic mass is 35.5. The van der Waals surface area contributed by atoms with Gasteiger partial charge in [-0.3, -0.25) is 9.69 Å². The summed E-state index contributed by atoms with van der Waals surface area (Å²) in [6.07, 6.45) is 3.53. The first-order valence-electron chi connectivity index (χ1n) is 11.7. The Labute approximate surface area is 200 Å². The van der Waals surface area contributed by atoms with Crippen molar-refractivity contribution in [3.63, 3.8) is 0 Å². The van der Waals surface area contributed by atoms with Crippen molar-refractivity contribution in [2.75, 3.05) is 24.7 Å². The van der Waals surface area contributed by atoms with Gasteiger partial charge in [0.25, 0.3) is 5.91 Å².